The minimum atomic E-state index is -3.53. The molecule has 0 saturated heterocycles. The van der Waals surface area contributed by atoms with Gasteiger partial charge in [0.25, 0.3) is 5.91 Å². The average molecular weight is 425 g/mol. The highest BCUT2D eigenvalue weighted by atomic mass is 35.5. The van der Waals surface area contributed by atoms with Crippen LogP contribution in [0.1, 0.15) is 24.2 Å². The molecule has 0 spiro atoms. The lowest BCUT2D eigenvalue weighted by Crippen LogP contribution is -2.31. The van der Waals surface area contributed by atoms with Gasteiger partial charge in [0.2, 0.25) is 10.0 Å². The zero-order chi connectivity index (χ0) is 20.7. The number of hydrogen-bond donors (Lipinski definition) is 0. The Morgan fingerprint density at radius 2 is 1.57 bits per heavy atom. The lowest BCUT2D eigenvalue weighted by molar-refractivity contribution is 0.0773. The van der Waals surface area contributed by atoms with Gasteiger partial charge in [0, 0.05) is 30.7 Å². The van der Waals surface area contributed by atoms with E-state index >= 15 is 0 Å². The molecular formula is C20H25ClN2O4S. The number of ether oxygens (including phenoxy) is 1. The summed E-state index contributed by atoms with van der Waals surface area (Å²) in [6.07, 6.45) is 0. The van der Waals surface area contributed by atoms with Crippen LogP contribution in [-0.2, 0) is 10.0 Å². The number of nitrogens with zero attached hydrogens (tertiary/aromatic N) is 2. The van der Waals surface area contributed by atoms with Crippen molar-refractivity contribution in [3.05, 3.63) is 59.1 Å². The van der Waals surface area contributed by atoms with Crippen LogP contribution in [0.5, 0.6) is 5.75 Å². The van der Waals surface area contributed by atoms with Crippen LogP contribution < -0.4 is 4.74 Å². The van der Waals surface area contributed by atoms with E-state index in [1.807, 2.05) is 0 Å². The molecule has 0 fully saturated rings. The van der Waals surface area contributed by atoms with Gasteiger partial charge in [0.1, 0.15) is 12.4 Å². The van der Waals surface area contributed by atoms with Crippen molar-refractivity contribution in [2.45, 2.75) is 18.7 Å². The molecule has 28 heavy (non-hydrogen) atoms. The highest BCUT2D eigenvalue weighted by molar-refractivity contribution is 7.89. The van der Waals surface area contributed by atoms with Gasteiger partial charge >= 0.3 is 0 Å². The highest BCUT2D eigenvalue weighted by Gasteiger charge is 2.22. The largest absolute Gasteiger partial charge is 0.492 e. The number of amides is 1. The summed E-state index contributed by atoms with van der Waals surface area (Å²) in [5.74, 6) is 0.475. The van der Waals surface area contributed by atoms with Crippen molar-refractivity contribution in [2.24, 2.45) is 0 Å². The first-order chi connectivity index (χ1) is 13.3. The molecule has 2 rings (SSSR count). The molecule has 0 heterocycles. The Balaban J connectivity index is 1.97. The molecule has 1 amide bonds. The molecule has 0 atom stereocenters. The van der Waals surface area contributed by atoms with E-state index in [2.05, 4.69) is 0 Å². The smallest absolute Gasteiger partial charge is 0.253 e. The molecule has 0 saturated carbocycles. The molecular weight excluding hydrogens is 400 g/mol. The summed E-state index contributed by atoms with van der Waals surface area (Å²) in [5.41, 5.74) is 0.424. The van der Waals surface area contributed by atoms with Gasteiger partial charge < -0.3 is 9.64 Å². The molecule has 0 radical (unpaired) electrons. The molecule has 0 unspecified atom stereocenters. The summed E-state index contributed by atoms with van der Waals surface area (Å²) in [4.78, 5) is 14.2. The van der Waals surface area contributed by atoms with Crippen LogP contribution in [0, 0.1) is 0 Å². The van der Waals surface area contributed by atoms with Crippen LogP contribution in [0.4, 0.5) is 0 Å². The van der Waals surface area contributed by atoms with Crippen molar-refractivity contribution in [3.63, 3.8) is 0 Å². The Morgan fingerprint density at radius 1 is 1.00 bits per heavy atom. The lowest BCUT2D eigenvalue weighted by Gasteiger charge is -2.19. The highest BCUT2D eigenvalue weighted by Crippen LogP contribution is 2.17. The Bertz CT molecular complexity index is 879. The van der Waals surface area contributed by atoms with Crippen molar-refractivity contribution in [1.82, 2.24) is 9.21 Å². The van der Waals surface area contributed by atoms with E-state index in [-0.39, 0.29) is 10.8 Å². The predicted octanol–water partition coefficient (Wildman–Crippen LogP) is 3.52. The number of likely N-dealkylation sites (N-methyl/N-ethyl adjacent to an activating group) is 1. The van der Waals surface area contributed by atoms with E-state index in [1.165, 1.54) is 33.5 Å². The van der Waals surface area contributed by atoms with E-state index in [9.17, 15) is 13.2 Å². The zero-order valence-electron chi connectivity index (χ0n) is 16.3. The fourth-order valence-corrected chi connectivity index (χ4v) is 4.22. The van der Waals surface area contributed by atoms with Gasteiger partial charge in [-0.25, -0.2) is 8.42 Å². The number of carbonyl (C=O) groups excluding carboxylic acids is 1. The van der Waals surface area contributed by atoms with Crippen molar-refractivity contribution >= 4 is 27.5 Å². The molecule has 6 nitrogen and oxygen atoms in total. The number of sulfonamides is 1. The summed E-state index contributed by atoms with van der Waals surface area (Å²) in [5, 5.41) is 0.631. The van der Waals surface area contributed by atoms with E-state index in [0.29, 0.717) is 42.6 Å². The maximum Gasteiger partial charge on any atom is 0.253 e. The van der Waals surface area contributed by atoms with Crippen molar-refractivity contribution in [3.8, 4) is 5.75 Å². The molecule has 2 aromatic carbocycles. The third kappa shape index (κ3) is 5.47. The summed E-state index contributed by atoms with van der Waals surface area (Å²) < 4.78 is 32.0. The van der Waals surface area contributed by atoms with Crippen LogP contribution in [0.15, 0.2) is 53.4 Å². The van der Waals surface area contributed by atoms with Gasteiger partial charge in [0.05, 0.1) is 11.4 Å². The van der Waals surface area contributed by atoms with Crippen LogP contribution in [-0.4, -0.2) is 56.8 Å². The molecule has 0 N–H and O–H groups in total. The van der Waals surface area contributed by atoms with Crippen LogP contribution in [0.3, 0.4) is 0 Å². The number of hydrogen-bond acceptors (Lipinski definition) is 4. The Labute approximate surface area is 171 Å². The Hall–Kier alpha value is -2.09. The second kappa shape index (κ2) is 9.91. The van der Waals surface area contributed by atoms with Gasteiger partial charge in [-0.15, -0.1) is 0 Å². The number of carbonyl (C=O) groups is 1. The first-order valence-corrected chi connectivity index (χ1v) is 10.9. The molecule has 8 heteroatoms. The summed E-state index contributed by atoms with van der Waals surface area (Å²) >= 11 is 5.83. The molecule has 0 aliphatic carbocycles. The third-order valence-corrected chi connectivity index (χ3v) is 6.62. The van der Waals surface area contributed by atoms with Gasteiger partial charge in [0.15, 0.2) is 0 Å². The van der Waals surface area contributed by atoms with Crippen molar-refractivity contribution < 1.29 is 17.9 Å². The fraction of sp³-hybridized carbons (Fsp3) is 0.350. The quantitative estimate of drug-likeness (QED) is 0.617. The molecule has 0 aromatic heterocycles. The predicted molar refractivity (Wildman–Crippen MR) is 110 cm³/mol. The van der Waals surface area contributed by atoms with Crippen LogP contribution in [0.25, 0.3) is 0 Å². The number of rotatable bonds is 9. The van der Waals surface area contributed by atoms with Gasteiger partial charge in [-0.3, -0.25) is 4.79 Å². The Kier molecular flexibility index (Phi) is 7.86. The summed E-state index contributed by atoms with van der Waals surface area (Å²) in [6, 6.07) is 13.0. The van der Waals surface area contributed by atoms with Gasteiger partial charge in [-0.1, -0.05) is 25.4 Å². The fourth-order valence-electron chi connectivity index (χ4n) is 2.64. The van der Waals surface area contributed by atoms with E-state index in [0.717, 1.165) is 0 Å². The van der Waals surface area contributed by atoms with Crippen LogP contribution >= 0.6 is 11.6 Å². The first kappa shape index (κ1) is 22.2. The molecule has 2 aromatic rings. The van der Waals surface area contributed by atoms with E-state index < -0.39 is 10.0 Å². The first-order valence-electron chi connectivity index (χ1n) is 9.03. The second-order valence-electron chi connectivity index (χ2n) is 6.14. The van der Waals surface area contributed by atoms with Crippen LogP contribution in [0.2, 0.25) is 5.02 Å². The Morgan fingerprint density at radius 3 is 2.11 bits per heavy atom. The maximum atomic E-state index is 12.5. The average Bonchev–Trinajstić information content (AvgIpc) is 2.69. The molecule has 152 valence electrons. The number of halogens is 1. The van der Waals surface area contributed by atoms with E-state index in [4.69, 9.17) is 16.3 Å². The summed E-state index contributed by atoms with van der Waals surface area (Å²) in [6.45, 7) is 5.10. The SMILES string of the molecule is CCN(CC)S(=O)(=O)c1ccc(C(=O)N(C)CCOc2ccc(Cl)cc2)cc1. The second-order valence-corrected chi connectivity index (χ2v) is 8.52. The summed E-state index contributed by atoms with van der Waals surface area (Å²) in [7, 11) is -1.86. The van der Waals surface area contributed by atoms with E-state index in [1.54, 1.807) is 45.2 Å². The van der Waals surface area contributed by atoms with Gasteiger partial charge in [-0.2, -0.15) is 4.31 Å². The standard InChI is InChI=1S/C20H25ClN2O4S/c1-4-23(5-2)28(25,26)19-12-6-16(7-13-19)20(24)22(3)14-15-27-18-10-8-17(21)9-11-18/h6-13H,4-5,14-15H2,1-3H3. The maximum absolute atomic E-state index is 12.5. The van der Waals surface area contributed by atoms with Crippen molar-refractivity contribution in [1.29, 1.82) is 0 Å². The zero-order valence-corrected chi connectivity index (χ0v) is 17.8. The lowest BCUT2D eigenvalue weighted by atomic mass is 10.2. The molecule has 0 bridgehead atoms. The van der Waals surface area contributed by atoms with Crippen molar-refractivity contribution in [2.75, 3.05) is 33.3 Å². The minimum Gasteiger partial charge on any atom is -0.492 e. The molecule has 0 aliphatic rings. The molecule has 0 aliphatic heterocycles. The third-order valence-electron chi connectivity index (χ3n) is 4.30. The number of benzene rings is 2. The normalized spacial score (nSPS) is 11.5. The topological polar surface area (TPSA) is 66.9 Å². The minimum absolute atomic E-state index is 0.182. The monoisotopic (exact) mass is 424 g/mol. The van der Waals surface area contributed by atoms with Gasteiger partial charge in [-0.05, 0) is 48.5 Å².